The van der Waals surface area contributed by atoms with E-state index in [1.54, 1.807) is 0 Å². The van der Waals surface area contributed by atoms with Crippen LogP contribution in [0.1, 0.15) is 0 Å². The van der Waals surface area contributed by atoms with Gasteiger partial charge in [-0.3, -0.25) is 0 Å². The van der Waals surface area contributed by atoms with Crippen LogP contribution < -0.4 is 0 Å². The molecule has 0 spiro atoms. The molecule has 0 aliphatic rings. The van der Waals surface area contributed by atoms with E-state index in [0.717, 1.165) is 0 Å². The summed E-state index contributed by atoms with van der Waals surface area (Å²) in [5.74, 6) is 0. The van der Waals surface area contributed by atoms with Gasteiger partial charge in [0.1, 0.15) is 0 Å². The van der Waals surface area contributed by atoms with Gasteiger partial charge in [0.25, 0.3) is 0 Å². The zero-order valence-electron chi connectivity index (χ0n) is 3.14. The van der Waals surface area contributed by atoms with Crippen LogP contribution in [0.5, 0.6) is 0 Å². The molecule has 0 amide bonds. The minimum atomic E-state index is 0. The Kier molecular flexibility index (Phi) is 371. The zero-order valence-corrected chi connectivity index (χ0v) is 7.47. The maximum atomic E-state index is 4.25. The second kappa shape index (κ2) is 56.1. The molecule has 0 atom stereocenters. The van der Waals surface area contributed by atoms with E-state index in [0.29, 0.717) is 0 Å². The fourth-order valence-electron chi connectivity index (χ4n) is 0. The van der Waals surface area contributed by atoms with Crippen molar-refractivity contribution in [3.63, 3.8) is 0 Å². The van der Waals surface area contributed by atoms with E-state index in [1.165, 1.54) is 0 Å². The van der Waals surface area contributed by atoms with Crippen LogP contribution in [0.2, 0.25) is 0 Å². The third kappa shape index (κ3) is 33.2. The summed E-state index contributed by atoms with van der Waals surface area (Å²) in [6, 6.07) is 0. The molecule has 0 bridgehead atoms. The molecule has 0 aliphatic carbocycles. The molecule has 0 aromatic heterocycles. The standard InChI is InChI=1S/CH2B.CH3.V.W/c1-2;;;/h1H2;1H3;;/q2*-1;;. The maximum absolute atomic E-state index is 4.25. The topological polar surface area (TPSA) is 0 Å². The van der Waals surface area contributed by atoms with Gasteiger partial charge < -0.3 is 14.2 Å². The van der Waals surface area contributed by atoms with Crippen LogP contribution in [-0.2, 0) is 39.6 Å². The largest absolute Gasteiger partial charge is 0.382 e. The Morgan fingerprint density at radius 1 is 1.20 bits per heavy atom. The van der Waals surface area contributed by atoms with Crippen LogP contribution in [0.4, 0.5) is 0 Å². The van der Waals surface area contributed by atoms with Crippen molar-refractivity contribution in [1.29, 1.82) is 0 Å². The Labute approximate surface area is 61.7 Å². The van der Waals surface area contributed by atoms with Crippen molar-refractivity contribution in [3.8, 4) is 0 Å². The minimum Gasteiger partial charge on any atom is -0.382 e. The first-order valence-electron chi connectivity index (χ1n) is 0.408. The molecule has 0 aliphatic heterocycles. The molecule has 0 nitrogen and oxygen atoms in total. The molecule has 0 aromatic rings. The first-order valence-corrected chi connectivity index (χ1v) is 0.408. The van der Waals surface area contributed by atoms with Crippen molar-refractivity contribution in [2.45, 2.75) is 0 Å². The van der Waals surface area contributed by atoms with Crippen molar-refractivity contribution >= 4 is 7.85 Å². The molecule has 3 radical (unpaired) electrons. The fourth-order valence-corrected chi connectivity index (χ4v) is 0. The summed E-state index contributed by atoms with van der Waals surface area (Å²) < 4.78 is 0. The van der Waals surface area contributed by atoms with Gasteiger partial charge in [0, 0.05) is 39.6 Å². The monoisotopic (exact) mass is 275 g/mol. The van der Waals surface area contributed by atoms with E-state index in [9.17, 15) is 0 Å². The third-order valence-corrected chi connectivity index (χ3v) is 0. The SMILES string of the molecule is [B][CH2-].[CH3-].[V].[W]. The Balaban J connectivity index is -0.00000000167. The molecule has 0 saturated heterocycles. The number of rotatable bonds is 0. The Morgan fingerprint density at radius 2 is 1.20 bits per heavy atom. The van der Waals surface area contributed by atoms with Gasteiger partial charge in [-0.1, -0.05) is 0 Å². The van der Waals surface area contributed by atoms with Gasteiger partial charge in [0.2, 0.25) is 0 Å². The number of hydrogen-bond acceptors (Lipinski definition) is 0. The van der Waals surface area contributed by atoms with E-state index in [1.807, 2.05) is 0 Å². The zero-order chi connectivity index (χ0) is 2.00. The maximum Gasteiger partial charge on any atom is 0 e. The van der Waals surface area contributed by atoms with Crippen LogP contribution >= 0.6 is 0 Å². The Morgan fingerprint density at radius 3 is 1.20 bits per heavy atom. The van der Waals surface area contributed by atoms with E-state index in [-0.39, 0.29) is 47.0 Å². The first-order chi connectivity index (χ1) is 1.00. The quantitative estimate of drug-likeness (QED) is 0.443. The van der Waals surface area contributed by atoms with E-state index >= 15 is 0 Å². The summed E-state index contributed by atoms with van der Waals surface area (Å²) in [6.45, 7) is 2.75. The minimum absolute atomic E-state index is 0. The molecule has 0 saturated carbocycles. The second-order valence-corrected chi connectivity index (χ2v) is 0. The van der Waals surface area contributed by atoms with Crippen LogP contribution in [0.3, 0.4) is 0 Å². The predicted octanol–water partition coefficient (Wildman–Crippen LogP) is 0.392. The van der Waals surface area contributed by atoms with Crippen LogP contribution in [0, 0.1) is 14.2 Å². The molecular formula is C2H5BVW-2. The molecule has 0 aromatic carbocycles. The van der Waals surface area contributed by atoms with Gasteiger partial charge in [0.15, 0.2) is 0 Å². The fraction of sp³-hybridized carbons (Fsp3) is 0. The van der Waals surface area contributed by atoms with Crippen molar-refractivity contribution in [1.82, 2.24) is 0 Å². The van der Waals surface area contributed by atoms with Crippen molar-refractivity contribution < 1.29 is 39.6 Å². The predicted molar refractivity (Wildman–Crippen MR) is 17.5 cm³/mol. The average molecular weight is 275 g/mol. The summed E-state index contributed by atoms with van der Waals surface area (Å²) in [4.78, 5) is 0. The van der Waals surface area contributed by atoms with Crippen molar-refractivity contribution in [3.05, 3.63) is 14.2 Å². The summed E-state index contributed by atoms with van der Waals surface area (Å²) in [5, 5.41) is 0. The molecule has 3 heteroatoms. The number of hydrogen-bond donors (Lipinski definition) is 0. The summed E-state index contributed by atoms with van der Waals surface area (Å²) in [6.07, 6.45) is 0. The van der Waals surface area contributed by atoms with E-state index in [4.69, 9.17) is 0 Å². The normalized spacial score (nSPS) is 1.00. The summed E-state index contributed by atoms with van der Waals surface area (Å²) >= 11 is 0. The van der Waals surface area contributed by atoms with Crippen LogP contribution in [0.15, 0.2) is 0 Å². The molecule has 29 valence electrons. The Hall–Kier alpha value is 1.34. The summed E-state index contributed by atoms with van der Waals surface area (Å²) in [7, 11) is 4.25. The van der Waals surface area contributed by atoms with Crippen molar-refractivity contribution in [2.75, 3.05) is 0 Å². The van der Waals surface area contributed by atoms with E-state index < -0.39 is 0 Å². The van der Waals surface area contributed by atoms with Gasteiger partial charge in [-0.15, -0.1) is 0 Å². The summed E-state index contributed by atoms with van der Waals surface area (Å²) in [5.41, 5.74) is 0. The van der Waals surface area contributed by atoms with Crippen LogP contribution in [0.25, 0.3) is 0 Å². The molecule has 0 N–H and O–H groups in total. The smallest absolute Gasteiger partial charge is 0 e. The first kappa shape index (κ1) is 33.0. The van der Waals surface area contributed by atoms with E-state index in [2.05, 4.69) is 14.7 Å². The van der Waals surface area contributed by atoms with Gasteiger partial charge in [-0.05, 0) is 0 Å². The molecular weight excluding hydrogens is 270 g/mol. The van der Waals surface area contributed by atoms with Gasteiger partial charge >= 0.3 is 0 Å². The molecule has 0 unspecified atom stereocenters. The third-order valence-electron chi connectivity index (χ3n) is 0. The van der Waals surface area contributed by atoms with Crippen LogP contribution in [-0.4, -0.2) is 7.85 Å². The second-order valence-electron chi connectivity index (χ2n) is 0. The Bertz CT molecular complexity index is 9.61. The molecule has 0 fully saturated rings. The molecule has 0 rings (SSSR count). The molecule has 5 heavy (non-hydrogen) atoms. The molecule has 0 heterocycles. The average Bonchev–Trinajstić information content (AvgIpc) is 1.00. The van der Waals surface area contributed by atoms with Gasteiger partial charge in [-0.25, -0.2) is 0 Å². The van der Waals surface area contributed by atoms with Crippen molar-refractivity contribution in [2.24, 2.45) is 0 Å². The van der Waals surface area contributed by atoms with Gasteiger partial charge in [0.05, 0.1) is 0 Å². The van der Waals surface area contributed by atoms with Gasteiger partial charge in [-0.2, -0.15) is 7.85 Å².